The van der Waals surface area contributed by atoms with E-state index in [2.05, 4.69) is 36.2 Å². The Morgan fingerprint density at radius 2 is 1.71 bits per heavy atom. The third-order valence-electron chi connectivity index (χ3n) is 5.32. The summed E-state index contributed by atoms with van der Waals surface area (Å²) in [6, 6.07) is 10.8. The predicted octanol–water partition coefficient (Wildman–Crippen LogP) is 7.52. The lowest BCUT2D eigenvalue weighted by atomic mass is 9.77. The van der Waals surface area contributed by atoms with E-state index in [1.807, 2.05) is 6.07 Å². The molecule has 0 N–H and O–H groups in total. The molecular weight excluding hydrogens is 337 g/mol. The average Bonchev–Trinajstić information content (AvgIpc) is 2.63. The van der Waals surface area contributed by atoms with Gasteiger partial charge in [0.1, 0.15) is 5.15 Å². The zero-order valence-corrected chi connectivity index (χ0v) is 15.8. The maximum absolute atomic E-state index is 6.07. The predicted molar refractivity (Wildman–Crippen MR) is 104 cm³/mol. The number of hydrogen-bond acceptors (Lipinski definition) is 1. The van der Waals surface area contributed by atoms with Crippen LogP contribution in [0.4, 0.5) is 0 Å². The summed E-state index contributed by atoms with van der Waals surface area (Å²) in [6.07, 6.45) is 11.4. The maximum Gasteiger partial charge on any atom is 0.147 e. The van der Waals surface area contributed by atoms with Crippen molar-refractivity contribution < 1.29 is 0 Å². The van der Waals surface area contributed by atoms with Crippen LogP contribution < -0.4 is 0 Å². The third kappa shape index (κ3) is 4.32. The molecule has 1 nitrogen and oxygen atoms in total. The molecular formula is C21H25Cl2N. The first kappa shape index (κ1) is 17.8. The zero-order valence-electron chi connectivity index (χ0n) is 14.3. The number of halogens is 2. The highest BCUT2D eigenvalue weighted by molar-refractivity contribution is 6.41. The number of unbranched alkanes of at least 4 members (excludes halogenated alkanes) is 1. The molecule has 0 saturated heterocycles. The summed E-state index contributed by atoms with van der Waals surface area (Å²) >= 11 is 12.0. The second-order valence-corrected chi connectivity index (χ2v) is 7.74. The van der Waals surface area contributed by atoms with Crippen LogP contribution in [-0.4, -0.2) is 4.98 Å². The average molecular weight is 362 g/mol. The van der Waals surface area contributed by atoms with Crippen LogP contribution in [0.5, 0.6) is 0 Å². The first-order chi connectivity index (χ1) is 11.7. The SMILES string of the molecule is CCCCC1CCC(c2ccc(-c3cnc(Cl)c(Cl)c3)cc2)CC1. The van der Waals surface area contributed by atoms with Crippen LogP contribution in [0.3, 0.4) is 0 Å². The Kier molecular flexibility index (Phi) is 6.19. The quantitative estimate of drug-likeness (QED) is 0.501. The normalized spacial score (nSPS) is 21.0. The van der Waals surface area contributed by atoms with Crippen LogP contribution in [0.25, 0.3) is 11.1 Å². The molecule has 0 amide bonds. The van der Waals surface area contributed by atoms with Crippen LogP contribution >= 0.6 is 23.2 Å². The van der Waals surface area contributed by atoms with Crippen molar-refractivity contribution in [1.29, 1.82) is 0 Å². The number of benzene rings is 1. The molecule has 1 saturated carbocycles. The van der Waals surface area contributed by atoms with Gasteiger partial charge in [0, 0.05) is 11.8 Å². The lowest BCUT2D eigenvalue weighted by molar-refractivity contribution is 0.304. The molecule has 1 aliphatic rings. The highest BCUT2D eigenvalue weighted by Crippen LogP contribution is 2.38. The van der Waals surface area contributed by atoms with Gasteiger partial charge in [-0.2, -0.15) is 0 Å². The summed E-state index contributed by atoms with van der Waals surface area (Å²) in [4.78, 5) is 4.13. The second-order valence-electron chi connectivity index (χ2n) is 6.98. The molecule has 128 valence electrons. The first-order valence-electron chi connectivity index (χ1n) is 9.08. The third-order valence-corrected chi connectivity index (χ3v) is 6.01. The van der Waals surface area contributed by atoms with Crippen LogP contribution in [0, 0.1) is 5.92 Å². The van der Waals surface area contributed by atoms with Gasteiger partial charge in [-0.05, 0) is 54.7 Å². The smallest absolute Gasteiger partial charge is 0.147 e. The van der Waals surface area contributed by atoms with E-state index >= 15 is 0 Å². The van der Waals surface area contributed by atoms with E-state index < -0.39 is 0 Å². The number of hydrogen-bond donors (Lipinski definition) is 0. The van der Waals surface area contributed by atoms with Gasteiger partial charge in [-0.3, -0.25) is 0 Å². The molecule has 1 aliphatic carbocycles. The summed E-state index contributed by atoms with van der Waals surface area (Å²) in [5.41, 5.74) is 3.63. The fourth-order valence-corrected chi connectivity index (χ4v) is 4.07. The maximum atomic E-state index is 6.07. The van der Waals surface area contributed by atoms with E-state index in [0.29, 0.717) is 10.2 Å². The van der Waals surface area contributed by atoms with E-state index in [0.717, 1.165) is 23.0 Å². The van der Waals surface area contributed by atoms with Crippen LogP contribution in [-0.2, 0) is 0 Å². The van der Waals surface area contributed by atoms with Crippen molar-refractivity contribution in [2.75, 3.05) is 0 Å². The standard InChI is InChI=1S/C21H25Cl2N/c1-2-3-4-15-5-7-16(8-6-15)17-9-11-18(12-10-17)19-13-20(22)21(23)24-14-19/h9-16H,2-8H2,1H3. The lowest BCUT2D eigenvalue weighted by Crippen LogP contribution is -2.13. The molecule has 24 heavy (non-hydrogen) atoms. The van der Waals surface area contributed by atoms with Gasteiger partial charge in [0.05, 0.1) is 5.02 Å². The molecule has 0 atom stereocenters. The molecule has 0 spiro atoms. The summed E-state index contributed by atoms with van der Waals surface area (Å²) < 4.78 is 0. The molecule has 1 aromatic heterocycles. The van der Waals surface area contributed by atoms with Crippen molar-refractivity contribution in [3.05, 3.63) is 52.3 Å². The van der Waals surface area contributed by atoms with Crippen molar-refractivity contribution in [3.63, 3.8) is 0 Å². The van der Waals surface area contributed by atoms with Crippen LogP contribution in [0.2, 0.25) is 10.2 Å². The van der Waals surface area contributed by atoms with E-state index in [1.54, 1.807) is 6.20 Å². The Morgan fingerprint density at radius 3 is 2.33 bits per heavy atom. The number of rotatable bonds is 5. The van der Waals surface area contributed by atoms with Gasteiger partial charge in [-0.15, -0.1) is 0 Å². The summed E-state index contributed by atoms with van der Waals surface area (Å²) in [5, 5.41) is 0.862. The molecule has 3 rings (SSSR count). The Hall–Kier alpha value is -1.05. The number of nitrogens with zero attached hydrogens (tertiary/aromatic N) is 1. The minimum atomic E-state index is 0.358. The lowest BCUT2D eigenvalue weighted by Gasteiger charge is -2.29. The zero-order chi connectivity index (χ0) is 16.9. The molecule has 0 unspecified atom stereocenters. The van der Waals surface area contributed by atoms with Crippen molar-refractivity contribution in [3.8, 4) is 11.1 Å². The monoisotopic (exact) mass is 361 g/mol. The highest BCUT2D eigenvalue weighted by atomic mass is 35.5. The van der Waals surface area contributed by atoms with Gasteiger partial charge in [0.15, 0.2) is 0 Å². The van der Waals surface area contributed by atoms with E-state index in [9.17, 15) is 0 Å². The van der Waals surface area contributed by atoms with Crippen molar-refractivity contribution in [2.45, 2.75) is 57.8 Å². The van der Waals surface area contributed by atoms with Crippen molar-refractivity contribution in [2.24, 2.45) is 5.92 Å². The fraction of sp³-hybridized carbons (Fsp3) is 0.476. The molecule has 1 aromatic carbocycles. The molecule has 0 aliphatic heterocycles. The fourth-order valence-electron chi connectivity index (χ4n) is 3.80. The van der Waals surface area contributed by atoms with E-state index in [1.165, 1.54) is 50.5 Å². The minimum Gasteiger partial charge on any atom is -0.242 e. The second kappa shape index (κ2) is 8.36. The molecule has 3 heteroatoms. The Morgan fingerprint density at radius 1 is 1.00 bits per heavy atom. The first-order valence-corrected chi connectivity index (χ1v) is 9.84. The van der Waals surface area contributed by atoms with Crippen LogP contribution in [0.15, 0.2) is 36.5 Å². The van der Waals surface area contributed by atoms with Gasteiger partial charge in [-0.1, -0.05) is 73.7 Å². The van der Waals surface area contributed by atoms with Crippen LogP contribution in [0.1, 0.15) is 63.4 Å². The van der Waals surface area contributed by atoms with Crippen molar-refractivity contribution >= 4 is 23.2 Å². The molecule has 0 radical (unpaired) electrons. The van der Waals surface area contributed by atoms with Gasteiger partial charge < -0.3 is 0 Å². The molecule has 2 aromatic rings. The summed E-state index contributed by atoms with van der Waals surface area (Å²) in [6.45, 7) is 2.29. The summed E-state index contributed by atoms with van der Waals surface area (Å²) in [5.74, 6) is 1.69. The highest BCUT2D eigenvalue weighted by Gasteiger charge is 2.21. The molecule has 1 fully saturated rings. The number of pyridine rings is 1. The Labute approximate surface area is 155 Å². The largest absolute Gasteiger partial charge is 0.242 e. The minimum absolute atomic E-state index is 0.358. The van der Waals surface area contributed by atoms with Gasteiger partial charge in [0.25, 0.3) is 0 Å². The Balaban J connectivity index is 1.64. The van der Waals surface area contributed by atoms with Crippen molar-refractivity contribution in [1.82, 2.24) is 4.98 Å². The van der Waals surface area contributed by atoms with Gasteiger partial charge in [-0.25, -0.2) is 4.98 Å². The Bertz CT molecular complexity index is 658. The van der Waals surface area contributed by atoms with Gasteiger partial charge >= 0.3 is 0 Å². The topological polar surface area (TPSA) is 12.9 Å². The van der Waals surface area contributed by atoms with E-state index in [4.69, 9.17) is 23.2 Å². The molecule has 1 heterocycles. The number of aromatic nitrogens is 1. The summed E-state index contributed by atoms with van der Waals surface area (Å²) in [7, 11) is 0. The van der Waals surface area contributed by atoms with E-state index in [-0.39, 0.29) is 0 Å². The van der Waals surface area contributed by atoms with Gasteiger partial charge in [0.2, 0.25) is 0 Å². The molecule has 0 bridgehead atoms.